The largest absolute Gasteiger partial charge is 0.497 e. The maximum absolute atomic E-state index is 12.8. The van der Waals surface area contributed by atoms with Gasteiger partial charge in [0.05, 0.1) is 32.0 Å². The van der Waals surface area contributed by atoms with Crippen molar-refractivity contribution in [3.63, 3.8) is 0 Å². The zero-order valence-corrected chi connectivity index (χ0v) is 19.7. The monoisotopic (exact) mass is 455 g/mol. The number of aromatic amines is 1. The molecule has 6 heteroatoms. The fourth-order valence-corrected chi connectivity index (χ4v) is 4.03. The van der Waals surface area contributed by atoms with Crippen LogP contribution in [0.25, 0.3) is 22.6 Å². The number of amides is 1. The average Bonchev–Trinajstić information content (AvgIpc) is 3.39. The molecule has 2 N–H and O–H groups in total. The van der Waals surface area contributed by atoms with Crippen LogP contribution in [-0.4, -0.2) is 30.1 Å². The molecular weight excluding hydrogens is 426 g/mol. The van der Waals surface area contributed by atoms with Crippen molar-refractivity contribution in [2.75, 3.05) is 14.2 Å². The highest BCUT2D eigenvalue weighted by atomic mass is 16.5. The second kappa shape index (κ2) is 10.7. The highest BCUT2D eigenvalue weighted by molar-refractivity contribution is 5.83. The number of H-pyrrole nitrogens is 1. The number of hydrogen-bond acceptors (Lipinski definition) is 4. The van der Waals surface area contributed by atoms with E-state index < -0.39 is 0 Å². The van der Waals surface area contributed by atoms with Crippen LogP contribution in [0.5, 0.6) is 11.5 Å². The molecule has 3 aromatic carbocycles. The summed E-state index contributed by atoms with van der Waals surface area (Å²) >= 11 is 0. The molecule has 0 aliphatic carbocycles. The van der Waals surface area contributed by atoms with Gasteiger partial charge in [-0.15, -0.1) is 0 Å². The van der Waals surface area contributed by atoms with Gasteiger partial charge in [-0.2, -0.15) is 0 Å². The van der Waals surface area contributed by atoms with Crippen LogP contribution in [0, 0.1) is 0 Å². The molecule has 0 fully saturated rings. The first-order valence-electron chi connectivity index (χ1n) is 11.3. The first-order valence-corrected chi connectivity index (χ1v) is 11.3. The SMILES string of the molecule is CCC(C(=O)NCc1cccc(-c2ncc(-c3cc(OC)ccc3OC)[nH]2)c1)c1ccccc1. The Labute approximate surface area is 200 Å². The van der Waals surface area contributed by atoms with E-state index in [1.807, 2.05) is 79.7 Å². The standard InChI is InChI=1S/C28H29N3O3/c1-4-23(20-10-6-5-7-11-20)28(32)30-17-19-9-8-12-21(15-19)27-29-18-25(31-27)24-16-22(33-2)13-14-26(24)34-3/h5-16,18,23H,4,17H2,1-3H3,(H,29,31)(H,30,32). The van der Waals surface area contributed by atoms with Crippen LogP contribution >= 0.6 is 0 Å². The minimum Gasteiger partial charge on any atom is -0.497 e. The van der Waals surface area contributed by atoms with Crippen LogP contribution in [0.15, 0.2) is 79.0 Å². The summed E-state index contributed by atoms with van der Waals surface area (Å²) in [6.07, 6.45) is 2.53. The van der Waals surface area contributed by atoms with E-state index in [4.69, 9.17) is 9.47 Å². The van der Waals surface area contributed by atoms with E-state index in [0.29, 0.717) is 6.54 Å². The summed E-state index contributed by atoms with van der Waals surface area (Å²) in [5, 5.41) is 3.09. The summed E-state index contributed by atoms with van der Waals surface area (Å²) < 4.78 is 10.9. The number of nitrogens with zero attached hydrogens (tertiary/aromatic N) is 1. The number of nitrogens with one attached hydrogen (secondary N) is 2. The van der Waals surface area contributed by atoms with E-state index in [0.717, 1.165) is 51.7 Å². The maximum atomic E-state index is 12.8. The van der Waals surface area contributed by atoms with Gasteiger partial charge in [-0.1, -0.05) is 55.5 Å². The maximum Gasteiger partial charge on any atom is 0.227 e. The van der Waals surface area contributed by atoms with E-state index >= 15 is 0 Å². The van der Waals surface area contributed by atoms with Crippen molar-refractivity contribution in [3.05, 3.63) is 90.1 Å². The Kier molecular flexibility index (Phi) is 7.28. The first kappa shape index (κ1) is 23.1. The van der Waals surface area contributed by atoms with Gasteiger partial charge in [-0.3, -0.25) is 4.79 Å². The van der Waals surface area contributed by atoms with E-state index in [1.165, 1.54) is 0 Å². The quantitative estimate of drug-likeness (QED) is 0.346. The second-order valence-corrected chi connectivity index (χ2v) is 8.00. The number of ether oxygens (including phenoxy) is 2. The van der Waals surface area contributed by atoms with Gasteiger partial charge in [0.2, 0.25) is 5.91 Å². The van der Waals surface area contributed by atoms with Crippen LogP contribution in [0.2, 0.25) is 0 Å². The molecule has 1 heterocycles. The molecule has 174 valence electrons. The van der Waals surface area contributed by atoms with Crippen molar-refractivity contribution >= 4 is 5.91 Å². The third kappa shape index (κ3) is 5.12. The van der Waals surface area contributed by atoms with Gasteiger partial charge >= 0.3 is 0 Å². The van der Waals surface area contributed by atoms with Crippen molar-refractivity contribution in [1.29, 1.82) is 0 Å². The molecule has 1 aromatic heterocycles. The van der Waals surface area contributed by atoms with E-state index in [9.17, 15) is 4.79 Å². The predicted molar refractivity (Wildman–Crippen MR) is 134 cm³/mol. The molecule has 34 heavy (non-hydrogen) atoms. The molecule has 4 aromatic rings. The molecule has 0 aliphatic rings. The zero-order valence-electron chi connectivity index (χ0n) is 19.7. The predicted octanol–water partition coefficient (Wildman–Crippen LogP) is 5.57. The van der Waals surface area contributed by atoms with Crippen molar-refractivity contribution < 1.29 is 14.3 Å². The molecule has 1 atom stereocenters. The van der Waals surface area contributed by atoms with Crippen LogP contribution in [0.3, 0.4) is 0 Å². The molecule has 1 amide bonds. The zero-order chi connectivity index (χ0) is 23.9. The van der Waals surface area contributed by atoms with Gasteiger partial charge in [0, 0.05) is 17.7 Å². The third-order valence-electron chi connectivity index (χ3n) is 5.87. The van der Waals surface area contributed by atoms with Crippen molar-refractivity contribution in [1.82, 2.24) is 15.3 Å². The first-order chi connectivity index (χ1) is 16.6. The molecule has 0 spiro atoms. The Bertz CT molecular complexity index is 1250. The Morgan fingerprint density at radius 2 is 1.82 bits per heavy atom. The topological polar surface area (TPSA) is 76.2 Å². The molecule has 0 bridgehead atoms. The Morgan fingerprint density at radius 3 is 2.56 bits per heavy atom. The summed E-state index contributed by atoms with van der Waals surface area (Å²) in [7, 11) is 3.28. The Hall–Kier alpha value is -4.06. The van der Waals surface area contributed by atoms with Crippen LogP contribution in [0.4, 0.5) is 0 Å². The summed E-state index contributed by atoms with van der Waals surface area (Å²) in [5.74, 6) is 2.09. The highest BCUT2D eigenvalue weighted by Gasteiger charge is 2.18. The summed E-state index contributed by atoms with van der Waals surface area (Å²) in [6, 6.07) is 23.5. The summed E-state index contributed by atoms with van der Waals surface area (Å²) in [5.41, 5.74) is 4.68. The van der Waals surface area contributed by atoms with Gasteiger partial charge in [-0.25, -0.2) is 4.98 Å². The molecule has 0 aliphatic heterocycles. The number of carbonyl (C=O) groups excluding carboxylic acids is 1. The van der Waals surface area contributed by atoms with Gasteiger partial charge in [0.15, 0.2) is 0 Å². The molecule has 4 rings (SSSR count). The Balaban J connectivity index is 1.50. The summed E-state index contributed by atoms with van der Waals surface area (Å²) in [6.45, 7) is 2.48. The minimum absolute atomic E-state index is 0.0320. The lowest BCUT2D eigenvalue weighted by Gasteiger charge is -2.15. The van der Waals surface area contributed by atoms with Gasteiger partial charge in [0.25, 0.3) is 0 Å². The van der Waals surface area contributed by atoms with Crippen LogP contribution < -0.4 is 14.8 Å². The fourth-order valence-electron chi connectivity index (χ4n) is 4.03. The number of methoxy groups -OCH3 is 2. The van der Waals surface area contributed by atoms with E-state index in [-0.39, 0.29) is 11.8 Å². The molecule has 0 saturated carbocycles. The number of benzene rings is 3. The molecule has 6 nitrogen and oxygen atoms in total. The van der Waals surface area contributed by atoms with Crippen LogP contribution in [-0.2, 0) is 11.3 Å². The molecule has 0 saturated heterocycles. The van der Waals surface area contributed by atoms with E-state index in [1.54, 1.807) is 20.4 Å². The lowest BCUT2D eigenvalue weighted by Crippen LogP contribution is -2.28. The second-order valence-electron chi connectivity index (χ2n) is 8.00. The number of imidazole rings is 1. The lowest BCUT2D eigenvalue weighted by molar-refractivity contribution is -0.122. The highest BCUT2D eigenvalue weighted by Crippen LogP contribution is 2.33. The van der Waals surface area contributed by atoms with Crippen molar-refractivity contribution in [2.24, 2.45) is 0 Å². The summed E-state index contributed by atoms with van der Waals surface area (Å²) in [4.78, 5) is 20.8. The van der Waals surface area contributed by atoms with Gasteiger partial charge in [0.1, 0.15) is 17.3 Å². The number of aromatic nitrogens is 2. The lowest BCUT2D eigenvalue weighted by atomic mass is 9.95. The molecule has 0 radical (unpaired) electrons. The minimum atomic E-state index is -0.158. The smallest absolute Gasteiger partial charge is 0.227 e. The van der Waals surface area contributed by atoms with Gasteiger partial charge < -0.3 is 19.8 Å². The fraction of sp³-hybridized carbons (Fsp3) is 0.214. The number of carbonyl (C=O) groups is 1. The van der Waals surface area contributed by atoms with Gasteiger partial charge in [-0.05, 0) is 41.8 Å². The normalized spacial score (nSPS) is 11.6. The van der Waals surface area contributed by atoms with Crippen molar-refractivity contribution in [2.45, 2.75) is 25.8 Å². The van der Waals surface area contributed by atoms with Crippen molar-refractivity contribution in [3.8, 4) is 34.1 Å². The molecular formula is C28H29N3O3. The van der Waals surface area contributed by atoms with Crippen LogP contribution in [0.1, 0.15) is 30.4 Å². The third-order valence-corrected chi connectivity index (χ3v) is 5.87. The Morgan fingerprint density at radius 1 is 1.00 bits per heavy atom. The van der Waals surface area contributed by atoms with E-state index in [2.05, 4.69) is 15.3 Å². The molecule has 1 unspecified atom stereocenters. The average molecular weight is 456 g/mol. The number of hydrogen-bond donors (Lipinski definition) is 2. The number of rotatable bonds is 9.